The Balaban J connectivity index is 1.75. The zero-order valence-electron chi connectivity index (χ0n) is 14.6. The molecule has 0 N–H and O–H groups in total. The van der Waals surface area contributed by atoms with Crippen LogP contribution in [0.15, 0.2) is 35.8 Å². The molecular weight excluding hydrogens is 370 g/mol. The molecule has 2 heterocycles. The minimum atomic E-state index is -0.0681. The van der Waals surface area contributed by atoms with Gasteiger partial charge < -0.3 is 14.2 Å². The Morgan fingerprint density at radius 1 is 1.46 bits per heavy atom. The van der Waals surface area contributed by atoms with Crippen LogP contribution in [0.25, 0.3) is 6.08 Å². The van der Waals surface area contributed by atoms with Crippen LogP contribution >= 0.6 is 24.0 Å². The van der Waals surface area contributed by atoms with E-state index in [0.717, 1.165) is 25.0 Å². The standard InChI is InChI=1S/C19H21NO4S2/c1-3-8-24-15-7-6-13(10-16(15)22-2)11-17-18(21)20(19(25)26-17)12-14-5-4-9-23-14/h3,6-7,10-11,14H,1,4-5,8-9,12H2,2H3/b17-11-/t14-/m0/s1. The molecular formula is C19H21NO4S2. The predicted molar refractivity (Wildman–Crippen MR) is 108 cm³/mol. The Morgan fingerprint density at radius 3 is 3.00 bits per heavy atom. The number of methoxy groups -OCH3 is 1. The molecule has 1 aromatic rings. The molecule has 1 atom stereocenters. The van der Waals surface area contributed by atoms with E-state index in [-0.39, 0.29) is 12.0 Å². The molecule has 1 aromatic carbocycles. The average molecular weight is 392 g/mol. The van der Waals surface area contributed by atoms with Crippen LogP contribution in [0, 0.1) is 0 Å². The molecule has 7 heteroatoms. The average Bonchev–Trinajstić information content (AvgIpc) is 3.25. The van der Waals surface area contributed by atoms with Gasteiger partial charge in [-0.15, -0.1) is 0 Å². The summed E-state index contributed by atoms with van der Waals surface area (Å²) in [4.78, 5) is 14.9. The van der Waals surface area contributed by atoms with Gasteiger partial charge in [0.25, 0.3) is 5.91 Å². The number of hydrogen-bond acceptors (Lipinski definition) is 6. The van der Waals surface area contributed by atoms with Crippen LogP contribution in [0.3, 0.4) is 0 Å². The third-order valence-corrected chi connectivity index (χ3v) is 5.50. The van der Waals surface area contributed by atoms with E-state index in [0.29, 0.717) is 33.9 Å². The van der Waals surface area contributed by atoms with Crippen molar-refractivity contribution in [1.29, 1.82) is 0 Å². The SMILES string of the molecule is C=CCOc1ccc(/C=C2\SC(=S)N(C[C@@H]3CCCO3)C2=O)cc1OC. The third kappa shape index (κ3) is 4.28. The molecule has 0 unspecified atom stereocenters. The van der Waals surface area contributed by atoms with Crippen LogP contribution in [0.5, 0.6) is 11.5 Å². The summed E-state index contributed by atoms with van der Waals surface area (Å²) in [5.41, 5.74) is 0.852. The monoisotopic (exact) mass is 391 g/mol. The van der Waals surface area contributed by atoms with Crippen molar-refractivity contribution in [3.05, 3.63) is 41.3 Å². The number of ether oxygens (including phenoxy) is 3. The fraction of sp³-hybridized carbons (Fsp3) is 0.368. The van der Waals surface area contributed by atoms with Crippen molar-refractivity contribution in [2.24, 2.45) is 0 Å². The maximum Gasteiger partial charge on any atom is 0.266 e. The lowest BCUT2D eigenvalue weighted by Crippen LogP contribution is -2.35. The number of carbonyl (C=O) groups excluding carboxylic acids is 1. The number of carbonyl (C=O) groups is 1. The van der Waals surface area contributed by atoms with Gasteiger partial charge in [-0.25, -0.2) is 0 Å². The van der Waals surface area contributed by atoms with E-state index in [4.69, 9.17) is 26.4 Å². The first-order chi connectivity index (χ1) is 12.6. The third-order valence-electron chi connectivity index (χ3n) is 4.13. The number of hydrogen-bond donors (Lipinski definition) is 0. The molecule has 2 aliphatic heterocycles. The quantitative estimate of drug-likeness (QED) is 0.402. The van der Waals surface area contributed by atoms with E-state index < -0.39 is 0 Å². The molecule has 5 nitrogen and oxygen atoms in total. The van der Waals surface area contributed by atoms with Gasteiger partial charge in [-0.1, -0.05) is 42.7 Å². The summed E-state index contributed by atoms with van der Waals surface area (Å²) in [7, 11) is 1.58. The molecule has 0 saturated carbocycles. The number of rotatable bonds is 7. The maximum atomic E-state index is 12.7. The van der Waals surface area contributed by atoms with E-state index in [1.807, 2.05) is 24.3 Å². The summed E-state index contributed by atoms with van der Waals surface area (Å²) < 4.78 is 17.1. The van der Waals surface area contributed by atoms with Gasteiger partial charge >= 0.3 is 0 Å². The van der Waals surface area contributed by atoms with E-state index in [1.165, 1.54) is 11.8 Å². The van der Waals surface area contributed by atoms with Crippen LogP contribution in [0.2, 0.25) is 0 Å². The van der Waals surface area contributed by atoms with Crippen molar-refractivity contribution in [1.82, 2.24) is 4.90 Å². The Labute approximate surface area is 163 Å². The van der Waals surface area contributed by atoms with Crippen molar-refractivity contribution in [3.63, 3.8) is 0 Å². The zero-order valence-corrected chi connectivity index (χ0v) is 16.2. The second-order valence-corrected chi connectivity index (χ2v) is 7.61. The fourth-order valence-corrected chi connectivity index (χ4v) is 4.12. The van der Waals surface area contributed by atoms with Crippen molar-refractivity contribution >= 4 is 40.3 Å². The Bertz CT molecular complexity index is 741. The van der Waals surface area contributed by atoms with E-state index >= 15 is 0 Å². The number of thioether (sulfide) groups is 1. The molecule has 26 heavy (non-hydrogen) atoms. The van der Waals surface area contributed by atoms with Gasteiger partial charge in [-0.3, -0.25) is 9.69 Å². The molecule has 1 amide bonds. The van der Waals surface area contributed by atoms with Crippen LogP contribution in [0.4, 0.5) is 0 Å². The second kappa shape index (κ2) is 8.70. The first-order valence-corrected chi connectivity index (χ1v) is 9.63. The van der Waals surface area contributed by atoms with Gasteiger partial charge in [-0.2, -0.15) is 0 Å². The molecule has 0 bridgehead atoms. The Kier molecular flexibility index (Phi) is 6.34. The molecule has 138 valence electrons. The first kappa shape index (κ1) is 18.9. The highest BCUT2D eigenvalue weighted by Gasteiger charge is 2.34. The van der Waals surface area contributed by atoms with Gasteiger partial charge in [0.15, 0.2) is 11.5 Å². The van der Waals surface area contributed by atoms with Crippen molar-refractivity contribution in [2.75, 3.05) is 26.9 Å². The molecule has 2 aliphatic rings. The van der Waals surface area contributed by atoms with Crippen molar-refractivity contribution in [3.8, 4) is 11.5 Å². The highest BCUT2D eigenvalue weighted by Crippen LogP contribution is 2.35. The Hall–Kier alpha value is -1.83. The van der Waals surface area contributed by atoms with Gasteiger partial charge in [0.05, 0.1) is 24.7 Å². The minimum Gasteiger partial charge on any atom is -0.493 e. The van der Waals surface area contributed by atoms with E-state index in [1.54, 1.807) is 18.1 Å². The Morgan fingerprint density at radius 2 is 2.31 bits per heavy atom. The zero-order chi connectivity index (χ0) is 18.5. The van der Waals surface area contributed by atoms with E-state index in [2.05, 4.69) is 6.58 Å². The molecule has 2 saturated heterocycles. The smallest absolute Gasteiger partial charge is 0.266 e. The topological polar surface area (TPSA) is 48.0 Å². The number of amides is 1. The van der Waals surface area contributed by atoms with Gasteiger partial charge in [0, 0.05) is 6.61 Å². The molecule has 0 spiro atoms. The normalized spacial score (nSPS) is 21.5. The minimum absolute atomic E-state index is 0.0681. The molecule has 0 aliphatic carbocycles. The van der Waals surface area contributed by atoms with Crippen molar-refractivity contribution in [2.45, 2.75) is 18.9 Å². The lowest BCUT2D eigenvalue weighted by atomic mass is 10.1. The van der Waals surface area contributed by atoms with Crippen LogP contribution in [-0.2, 0) is 9.53 Å². The number of nitrogens with zero attached hydrogens (tertiary/aromatic N) is 1. The van der Waals surface area contributed by atoms with Gasteiger partial charge in [0.1, 0.15) is 10.9 Å². The number of thiocarbonyl (C=S) groups is 1. The highest BCUT2D eigenvalue weighted by atomic mass is 32.2. The summed E-state index contributed by atoms with van der Waals surface area (Å²) >= 11 is 6.70. The summed E-state index contributed by atoms with van der Waals surface area (Å²) in [6.07, 6.45) is 5.59. The molecule has 0 radical (unpaired) electrons. The van der Waals surface area contributed by atoms with Gasteiger partial charge in [-0.05, 0) is 36.6 Å². The largest absolute Gasteiger partial charge is 0.493 e. The predicted octanol–water partition coefficient (Wildman–Crippen LogP) is 3.64. The van der Waals surface area contributed by atoms with Crippen LogP contribution in [-0.4, -0.2) is 48.1 Å². The second-order valence-electron chi connectivity index (χ2n) is 5.94. The van der Waals surface area contributed by atoms with Crippen LogP contribution < -0.4 is 9.47 Å². The molecule has 3 rings (SSSR count). The van der Waals surface area contributed by atoms with Gasteiger partial charge in [0.2, 0.25) is 0 Å². The summed E-state index contributed by atoms with van der Waals surface area (Å²) in [6, 6.07) is 5.54. The fourth-order valence-electron chi connectivity index (χ4n) is 2.84. The molecule has 0 aromatic heterocycles. The first-order valence-electron chi connectivity index (χ1n) is 8.41. The maximum absolute atomic E-state index is 12.7. The lowest BCUT2D eigenvalue weighted by Gasteiger charge is -2.18. The summed E-state index contributed by atoms with van der Waals surface area (Å²) in [5, 5.41) is 0. The molecule has 2 fully saturated rings. The van der Waals surface area contributed by atoms with Crippen LogP contribution in [0.1, 0.15) is 18.4 Å². The van der Waals surface area contributed by atoms with Crippen molar-refractivity contribution < 1.29 is 19.0 Å². The van der Waals surface area contributed by atoms with E-state index in [9.17, 15) is 4.79 Å². The lowest BCUT2D eigenvalue weighted by molar-refractivity contribution is -0.123. The summed E-state index contributed by atoms with van der Waals surface area (Å²) in [5.74, 6) is 1.17. The highest BCUT2D eigenvalue weighted by molar-refractivity contribution is 8.26. The number of benzene rings is 1. The summed E-state index contributed by atoms with van der Waals surface area (Å²) in [6.45, 7) is 5.32.